The van der Waals surface area contributed by atoms with Gasteiger partial charge < -0.3 is 9.80 Å². The molecule has 2 aromatic carbocycles. The summed E-state index contributed by atoms with van der Waals surface area (Å²) in [6, 6.07) is 16.0. The first kappa shape index (κ1) is 23.0. The average Bonchev–Trinajstić information content (AvgIpc) is 2.69. The normalized spacial score (nSPS) is 11.2. The predicted molar refractivity (Wildman–Crippen MR) is 121 cm³/mol. The highest BCUT2D eigenvalue weighted by Crippen LogP contribution is 2.26. The maximum absolute atomic E-state index is 12.7. The van der Waals surface area contributed by atoms with Crippen molar-refractivity contribution in [2.75, 3.05) is 26.4 Å². The van der Waals surface area contributed by atoms with Crippen molar-refractivity contribution >= 4 is 23.6 Å². The molecule has 4 nitrogen and oxygen atoms in total. The lowest BCUT2D eigenvalue weighted by Crippen LogP contribution is -2.31. The molecule has 0 saturated heterocycles. The third kappa shape index (κ3) is 6.64. The number of carbonyl (C=O) groups excluding carboxylic acids is 2. The van der Waals surface area contributed by atoms with E-state index in [2.05, 4.69) is 45.0 Å². The Balaban J connectivity index is 1.94. The summed E-state index contributed by atoms with van der Waals surface area (Å²) in [6.07, 6.45) is 0. The van der Waals surface area contributed by atoms with E-state index < -0.39 is 0 Å². The van der Waals surface area contributed by atoms with Gasteiger partial charge in [0.05, 0.1) is 5.75 Å². The van der Waals surface area contributed by atoms with E-state index in [0.717, 1.165) is 10.5 Å². The standard InChI is InChI=1S/C24H32N2O2S/c1-7-26(16-18-8-10-19(11-9-18)23(28)25(5)6)22(27)17-29-21-14-12-20(13-15-21)24(2,3)4/h8-15H,7,16-17H2,1-6H3. The average molecular weight is 413 g/mol. The Kier molecular flexibility index (Phi) is 7.91. The molecule has 2 rings (SSSR count). The van der Waals surface area contributed by atoms with Crippen LogP contribution in [-0.4, -0.2) is 48.0 Å². The molecule has 5 heteroatoms. The molecule has 0 bridgehead atoms. The fourth-order valence-corrected chi connectivity index (χ4v) is 3.70. The van der Waals surface area contributed by atoms with Crippen LogP contribution in [0.4, 0.5) is 0 Å². The minimum Gasteiger partial charge on any atom is -0.345 e. The van der Waals surface area contributed by atoms with Gasteiger partial charge in [-0.3, -0.25) is 9.59 Å². The van der Waals surface area contributed by atoms with Gasteiger partial charge in [0.25, 0.3) is 5.91 Å². The molecule has 0 aliphatic carbocycles. The summed E-state index contributed by atoms with van der Waals surface area (Å²) in [6.45, 7) is 9.78. The number of carbonyl (C=O) groups is 2. The molecular formula is C24H32N2O2S. The first-order valence-electron chi connectivity index (χ1n) is 9.93. The number of hydrogen-bond acceptors (Lipinski definition) is 3. The van der Waals surface area contributed by atoms with Crippen molar-refractivity contribution in [3.8, 4) is 0 Å². The Labute approximate surface area is 179 Å². The zero-order valence-corrected chi connectivity index (χ0v) is 19.2. The molecule has 0 N–H and O–H groups in total. The number of rotatable bonds is 7. The van der Waals surface area contributed by atoms with Crippen LogP contribution in [0.5, 0.6) is 0 Å². The van der Waals surface area contributed by atoms with Gasteiger partial charge in [-0.25, -0.2) is 0 Å². The molecule has 0 aliphatic rings. The lowest BCUT2D eigenvalue weighted by Gasteiger charge is -2.21. The van der Waals surface area contributed by atoms with Crippen LogP contribution in [0.15, 0.2) is 53.4 Å². The number of nitrogens with zero attached hydrogens (tertiary/aromatic N) is 2. The van der Waals surface area contributed by atoms with Gasteiger partial charge in [-0.1, -0.05) is 45.0 Å². The van der Waals surface area contributed by atoms with E-state index in [0.29, 0.717) is 24.4 Å². The van der Waals surface area contributed by atoms with E-state index in [1.165, 1.54) is 5.56 Å². The monoisotopic (exact) mass is 412 g/mol. The molecule has 29 heavy (non-hydrogen) atoms. The highest BCUT2D eigenvalue weighted by molar-refractivity contribution is 8.00. The Morgan fingerprint density at radius 1 is 0.931 bits per heavy atom. The second-order valence-electron chi connectivity index (χ2n) is 8.37. The molecule has 2 aromatic rings. The van der Waals surface area contributed by atoms with E-state index in [9.17, 15) is 9.59 Å². The van der Waals surface area contributed by atoms with Crippen LogP contribution < -0.4 is 0 Å². The predicted octanol–water partition coefficient (Wildman–Crippen LogP) is 4.83. The van der Waals surface area contributed by atoms with Gasteiger partial charge >= 0.3 is 0 Å². The molecule has 0 saturated carbocycles. The SMILES string of the molecule is CCN(Cc1ccc(C(=O)N(C)C)cc1)C(=O)CSc1ccc(C(C)(C)C)cc1. The lowest BCUT2D eigenvalue weighted by atomic mass is 9.87. The lowest BCUT2D eigenvalue weighted by molar-refractivity contribution is -0.128. The Morgan fingerprint density at radius 2 is 1.52 bits per heavy atom. The second kappa shape index (κ2) is 9.97. The molecule has 0 heterocycles. The van der Waals surface area contributed by atoms with Crippen molar-refractivity contribution < 1.29 is 9.59 Å². The van der Waals surface area contributed by atoms with Crippen LogP contribution >= 0.6 is 11.8 Å². The van der Waals surface area contributed by atoms with Gasteiger partial charge in [-0.05, 0) is 47.7 Å². The molecule has 0 radical (unpaired) electrons. The first-order chi connectivity index (χ1) is 13.6. The number of benzene rings is 2. The zero-order valence-electron chi connectivity index (χ0n) is 18.4. The summed E-state index contributed by atoms with van der Waals surface area (Å²) in [7, 11) is 3.48. The number of amides is 2. The van der Waals surface area contributed by atoms with Crippen LogP contribution in [0.3, 0.4) is 0 Å². The van der Waals surface area contributed by atoms with E-state index in [-0.39, 0.29) is 17.2 Å². The van der Waals surface area contributed by atoms with E-state index in [1.54, 1.807) is 30.8 Å². The summed E-state index contributed by atoms with van der Waals surface area (Å²) in [5, 5.41) is 0. The van der Waals surface area contributed by atoms with Crippen LogP contribution in [0.1, 0.15) is 49.2 Å². The third-order valence-electron chi connectivity index (χ3n) is 4.80. The summed E-state index contributed by atoms with van der Waals surface area (Å²) < 4.78 is 0. The van der Waals surface area contributed by atoms with E-state index in [1.807, 2.05) is 36.1 Å². The molecular weight excluding hydrogens is 380 g/mol. The van der Waals surface area contributed by atoms with Gasteiger partial charge in [0.2, 0.25) is 5.91 Å². The van der Waals surface area contributed by atoms with Crippen LogP contribution in [0.2, 0.25) is 0 Å². The highest BCUT2D eigenvalue weighted by atomic mass is 32.2. The molecule has 2 amide bonds. The number of thioether (sulfide) groups is 1. The third-order valence-corrected chi connectivity index (χ3v) is 5.79. The fourth-order valence-electron chi connectivity index (χ4n) is 2.90. The van der Waals surface area contributed by atoms with Gasteiger partial charge in [0.15, 0.2) is 0 Å². The summed E-state index contributed by atoms with van der Waals surface area (Å²) >= 11 is 1.57. The Morgan fingerprint density at radius 3 is 2.00 bits per heavy atom. The van der Waals surface area contributed by atoms with Gasteiger partial charge in [0, 0.05) is 37.6 Å². The van der Waals surface area contributed by atoms with E-state index >= 15 is 0 Å². The Hall–Kier alpha value is -2.27. The summed E-state index contributed by atoms with van der Waals surface area (Å²) in [5.41, 5.74) is 3.10. The highest BCUT2D eigenvalue weighted by Gasteiger charge is 2.15. The molecule has 0 fully saturated rings. The minimum absolute atomic E-state index is 0.0196. The maximum Gasteiger partial charge on any atom is 0.253 e. The molecule has 0 aromatic heterocycles. The molecule has 0 aliphatic heterocycles. The van der Waals surface area contributed by atoms with Crippen molar-refractivity contribution in [1.29, 1.82) is 0 Å². The van der Waals surface area contributed by atoms with Crippen molar-refractivity contribution in [3.63, 3.8) is 0 Å². The van der Waals surface area contributed by atoms with Crippen LogP contribution in [-0.2, 0) is 16.8 Å². The molecule has 0 unspecified atom stereocenters. The largest absolute Gasteiger partial charge is 0.345 e. The summed E-state index contributed by atoms with van der Waals surface area (Å²) in [5.74, 6) is 0.514. The molecule has 0 spiro atoms. The smallest absolute Gasteiger partial charge is 0.253 e. The van der Waals surface area contributed by atoms with Gasteiger partial charge in [-0.15, -0.1) is 11.8 Å². The number of hydrogen-bond donors (Lipinski definition) is 0. The quantitative estimate of drug-likeness (QED) is 0.612. The second-order valence-corrected chi connectivity index (χ2v) is 9.42. The van der Waals surface area contributed by atoms with E-state index in [4.69, 9.17) is 0 Å². The molecule has 156 valence electrons. The fraction of sp³-hybridized carbons (Fsp3) is 0.417. The minimum atomic E-state index is -0.0196. The van der Waals surface area contributed by atoms with Gasteiger partial charge in [-0.2, -0.15) is 0 Å². The van der Waals surface area contributed by atoms with Gasteiger partial charge in [0.1, 0.15) is 0 Å². The maximum atomic E-state index is 12.7. The summed E-state index contributed by atoms with van der Waals surface area (Å²) in [4.78, 5) is 29.2. The van der Waals surface area contributed by atoms with Crippen molar-refractivity contribution in [2.45, 2.75) is 44.6 Å². The van der Waals surface area contributed by atoms with Crippen molar-refractivity contribution in [1.82, 2.24) is 9.80 Å². The zero-order chi connectivity index (χ0) is 21.6. The van der Waals surface area contributed by atoms with Crippen LogP contribution in [0, 0.1) is 0 Å². The molecule has 0 atom stereocenters. The van der Waals surface area contributed by atoms with Crippen molar-refractivity contribution in [2.24, 2.45) is 0 Å². The Bertz CT molecular complexity index is 821. The van der Waals surface area contributed by atoms with Crippen LogP contribution in [0.25, 0.3) is 0 Å². The topological polar surface area (TPSA) is 40.6 Å². The van der Waals surface area contributed by atoms with Crippen molar-refractivity contribution in [3.05, 3.63) is 65.2 Å². The first-order valence-corrected chi connectivity index (χ1v) is 10.9.